The summed E-state index contributed by atoms with van der Waals surface area (Å²) in [5.41, 5.74) is 2.74. The van der Waals surface area contributed by atoms with Crippen LogP contribution >= 0.6 is 27.3 Å². The lowest BCUT2D eigenvalue weighted by atomic mass is 10.1. The van der Waals surface area contributed by atoms with Crippen molar-refractivity contribution in [2.45, 2.75) is 13.3 Å². The van der Waals surface area contributed by atoms with Gasteiger partial charge in [0.25, 0.3) is 0 Å². The minimum absolute atomic E-state index is 0.128. The van der Waals surface area contributed by atoms with Crippen molar-refractivity contribution in [3.63, 3.8) is 0 Å². The highest BCUT2D eigenvalue weighted by Gasteiger charge is 2.12. The van der Waals surface area contributed by atoms with E-state index in [1.54, 1.807) is 24.3 Å². The Kier molecular flexibility index (Phi) is 4.97. The van der Waals surface area contributed by atoms with Gasteiger partial charge in [-0.2, -0.15) is 0 Å². The van der Waals surface area contributed by atoms with E-state index >= 15 is 0 Å². The van der Waals surface area contributed by atoms with Crippen molar-refractivity contribution in [2.24, 2.45) is 0 Å². The van der Waals surface area contributed by atoms with E-state index in [-0.39, 0.29) is 18.1 Å². The van der Waals surface area contributed by atoms with E-state index in [1.807, 2.05) is 31.2 Å². The number of phenols is 1. The molecule has 0 radical (unpaired) electrons. The first-order valence-corrected chi connectivity index (χ1v) is 8.93. The molecule has 1 heterocycles. The number of aromatic hydroxyl groups is 1. The molecule has 0 fully saturated rings. The van der Waals surface area contributed by atoms with Crippen LogP contribution in [0.25, 0.3) is 11.3 Å². The molecule has 24 heavy (non-hydrogen) atoms. The predicted molar refractivity (Wildman–Crippen MR) is 100 cm³/mol. The van der Waals surface area contributed by atoms with Gasteiger partial charge in [-0.25, -0.2) is 4.98 Å². The van der Waals surface area contributed by atoms with Crippen LogP contribution in [-0.2, 0) is 11.2 Å². The van der Waals surface area contributed by atoms with Crippen LogP contribution in [0, 0.1) is 6.92 Å². The van der Waals surface area contributed by atoms with E-state index in [0.717, 1.165) is 26.2 Å². The Labute approximate surface area is 152 Å². The SMILES string of the molecule is Cc1sc(NC(=O)Cc2ccc(O)cc2)nc1-c1ccc(Br)cc1. The smallest absolute Gasteiger partial charge is 0.230 e. The Balaban J connectivity index is 1.71. The molecule has 1 aromatic heterocycles. The molecule has 6 heteroatoms. The zero-order valence-electron chi connectivity index (χ0n) is 12.9. The highest BCUT2D eigenvalue weighted by atomic mass is 79.9. The number of nitrogens with zero attached hydrogens (tertiary/aromatic N) is 1. The third-order valence-corrected chi connectivity index (χ3v) is 4.88. The number of aryl methyl sites for hydroxylation is 1. The lowest BCUT2D eigenvalue weighted by Crippen LogP contribution is -2.14. The quantitative estimate of drug-likeness (QED) is 0.660. The minimum Gasteiger partial charge on any atom is -0.508 e. The Morgan fingerprint density at radius 3 is 2.50 bits per heavy atom. The van der Waals surface area contributed by atoms with Crippen molar-refractivity contribution in [1.29, 1.82) is 0 Å². The van der Waals surface area contributed by atoms with E-state index in [4.69, 9.17) is 0 Å². The van der Waals surface area contributed by atoms with Crippen molar-refractivity contribution in [2.75, 3.05) is 5.32 Å². The normalized spacial score (nSPS) is 10.6. The number of anilines is 1. The standard InChI is InChI=1S/C18H15BrN2O2S/c1-11-17(13-4-6-14(19)7-5-13)21-18(24-11)20-16(23)10-12-2-8-15(22)9-3-12/h2-9,22H,10H2,1H3,(H,20,21,23). The molecule has 0 aliphatic carbocycles. The Morgan fingerprint density at radius 1 is 1.17 bits per heavy atom. The Hall–Kier alpha value is -2.18. The van der Waals surface area contributed by atoms with Gasteiger partial charge < -0.3 is 10.4 Å². The van der Waals surface area contributed by atoms with E-state index in [2.05, 4.69) is 26.2 Å². The maximum atomic E-state index is 12.2. The van der Waals surface area contributed by atoms with Crippen LogP contribution in [0.1, 0.15) is 10.4 Å². The van der Waals surface area contributed by atoms with Gasteiger partial charge in [-0.15, -0.1) is 11.3 Å². The van der Waals surface area contributed by atoms with E-state index < -0.39 is 0 Å². The lowest BCUT2D eigenvalue weighted by molar-refractivity contribution is -0.115. The van der Waals surface area contributed by atoms with Gasteiger partial charge in [-0.1, -0.05) is 40.2 Å². The van der Waals surface area contributed by atoms with Gasteiger partial charge in [0, 0.05) is 14.9 Å². The molecule has 0 aliphatic rings. The number of thiazole rings is 1. The molecular formula is C18H15BrN2O2S. The summed E-state index contributed by atoms with van der Waals surface area (Å²) in [6.45, 7) is 1.99. The molecule has 0 atom stereocenters. The van der Waals surface area contributed by atoms with E-state index in [1.165, 1.54) is 11.3 Å². The van der Waals surface area contributed by atoms with Crippen molar-refractivity contribution in [3.8, 4) is 17.0 Å². The second kappa shape index (κ2) is 7.15. The highest BCUT2D eigenvalue weighted by Crippen LogP contribution is 2.31. The summed E-state index contributed by atoms with van der Waals surface area (Å²) >= 11 is 4.88. The number of carbonyl (C=O) groups excluding carboxylic acids is 1. The summed E-state index contributed by atoms with van der Waals surface area (Å²) in [6.07, 6.45) is 0.243. The average Bonchev–Trinajstić information content (AvgIpc) is 2.90. The molecule has 0 aliphatic heterocycles. The number of hydrogen-bond donors (Lipinski definition) is 2. The topological polar surface area (TPSA) is 62.2 Å². The third-order valence-electron chi connectivity index (χ3n) is 3.46. The van der Waals surface area contributed by atoms with Gasteiger partial charge in [-0.3, -0.25) is 4.79 Å². The molecule has 0 saturated carbocycles. The summed E-state index contributed by atoms with van der Waals surface area (Å²) in [5.74, 6) is 0.0608. The van der Waals surface area contributed by atoms with Crippen molar-refractivity contribution < 1.29 is 9.90 Å². The van der Waals surface area contributed by atoms with Gasteiger partial charge in [-0.05, 0) is 36.8 Å². The molecule has 2 aromatic carbocycles. The number of phenolic OH excluding ortho intramolecular Hbond substituents is 1. The average molecular weight is 403 g/mol. The van der Waals surface area contributed by atoms with Crippen LogP contribution in [-0.4, -0.2) is 16.0 Å². The predicted octanol–water partition coefficient (Wildman–Crippen LogP) is 4.77. The van der Waals surface area contributed by atoms with Crippen LogP contribution in [0.5, 0.6) is 5.75 Å². The van der Waals surface area contributed by atoms with Gasteiger partial charge in [0.15, 0.2) is 5.13 Å². The first kappa shape index (κ1) is 16.7. The molecule has 0 unspecified atom stereocenters. The monoisotopic (exact) mass is 402 g/mol. The fourth-order valence-corrected chi connectivity index (χ4v) is 3.40. The number of amides is 1. The molecule has 0 spiro atoms. The first-order valence-electron chi connectivity index (χ1n) is 7.32. The second-order valence-corrected chi connectivity index (χ2v) is 7.44. The highest BCUT2D eigenvalue weighted by molar-refractivity contribution is 9.10. The van der Waals surface area contributed by atoms with Crippen LogP contribution < -0.4 is 5.32 Å². The molecule has 3 rings (SSSR count). The molecular weight excluding hydrogens is 388 g/mol. The first-order chi connectivity index (χ1) is 11.5. The summed E-state index contributed by atoms with van der Waals surface area (Å²) < 4.78 is 1.02. The zero-order valence-corrected chi connectivity index (χ0v) is 15.3. The molecule has 1 amide bonds. The van der Waals surface area contributed by atoms with Crippen LogP contribution in [0.3, 0.4) is 0 Å². The number of benzene rings is 2. The van der Waals surface area contributed by atoms with Crippen molar-refractivity contribution in [1.82, 2.24) is 4.98 Å². The summed E-state index contributed by atoms with van der Waals surface area (Å²) in [7, 11) is 0. The molecule has 3 aromatic rings. The number of halogens is 1. The Morgan fingerprint density at radius 2 is 1.83 bits per heavy atom. The molecule has 0 bridgehead atoms. The van der Waals surface area contributed by atoms with Crippen molar-refractivity contribution in [3.05, 3.63) is 63.4 Å². The maximum Gasteiger partial charge on any atom is 0.230 e. The third kappa shape index (κ3) is 4.01. The fraction of sp³-hybridized carbons (Fsp3) is 0.111. The number of aromatic nitrogens is 1. The number of hydrogen-bond acceptors (Lipinski definition) is 4. The minimum atomic E-state index is -0.128. The van der Waals surface area contributed by atoms with Gasteiger partial charge in [0.2, 0.25) is 5.91 Å². The van der Waals surface area contributed by atoms with E-state index in [9.17, 15) is 9.90 Å². The summed E-state index contributed by atoms with van der Waals surface area (Å²) in [5, 5.41) is 12.7. The second-order valence-electron chi connectivity index (χ2n) is 5.32. The molecule has 122 valence electrons. The Bertz CT molecular complexity index is 858. The van der Waals surface area contributed by atoms with Crippen LogP contribution in [0.15, 0.2) is 53.0 Å². The molecule has 0 saturated heterocycles. The van der Waals surface area contributed by atoms with Crippen molar-refractivity contribution >= 4 is 38.3 Å². The number of rotatable bonds is 4. The zero-order chi connectivity index (χ0) is 17.1. The number of nitrogens with one attached hydrogen (secondary N) is 1. The van der Waals surface area contributed by atoms with Crippen LogP contribution in [0.2, 0.25) is 0 Å². The van der Waals surface area contributed by atoms with Gasteiger partial charge in [0.1, 0.15) is 5.75 Å². The maximum absolute atomic E-state index is 12.2. The lowest BCUT2D eigenvalue weighted by Gasteiger charge is -2.02. The summed E-state index contributed by atoms with van der Waals surface area (Å²) in [4.78, 5) is 17.7. The molecule has 4 nitrogen and oxygen atoms in total. The van der Waals surface area contributed by atoms with E-state index in [0.29, 0.717) is 5.13 Å². The van der Waals surface area contributed by atoms with Gasteiger partial charge in [0.05, 0.1) is 12.1 Å². The van der Waals surface area contributed by atoms with Crippen LogP contribution in [0.4, 0.5) is 5.13 Å². The number of carbonyl (C=O) groups is 1. The fourth-order valence-electron chi connectivity index (χ4n) is 2.29. The largest absolute Gasteiger partial charge is 0.508 e. The molecule has 2 N–H and O–H groups in total. The summed E-state index contributed by atoms with van der Waals surface area (Å²) in [6, 6.07) is 14.5. The van der Waals surface area contributed by atoms with Gasteiger partial charge >= 0.3 is 0 Å².